The first-order valence-electron chi connectivity index (χ1n) is 7.73. The molecule has 0 saturated carbocycles. The summed E-state index contributed by atoms with van der Waals surface area (Å²) in [6.07, 6.45) is 4.79. The summed E-state index contributed by atoms with van der Waals surface area (Å²) in [6, 6.07) is 2.05. The lowest BCUT2D eigenvalue weighted by Crippen LogP contribution is -2.20. The second kappa shape index (κ2) is 6.85. The summed E-state index contributed by atoms with van der Waals surface area (Å²) in [6.45, 7) is 12.7. The summed E-state index contributed by atoms with van der Waals surface area (Å²) >= 11 is 0. The van der Waals surface area contributed by atoms with Crippen molar-refractivity contribution in [1.82, 2.24) is 20.1 Å². The van der Waals surface area contributed by atoms with Gasteiger partial charge in [0.1, 0.15) is 0 Å². The highest BCUT2D eigenvalue weighted by Crippen LogP contribution is 2.20. The van der Waals surface area contributed by atoms with E-state index in [0.717, 1.165) is 30.9 Å². The van der Waals surface area contributed by atoms with Gasteiger partial charge >= 0.3 is 0 Å². The number of rotatable bonds is 6. The predicted octanol–water partition coefficient (Wildman–Crippen LogP) is 3.19. The first-order valence-corrected chi connectivity index (χ1v) is 7.73. The van der Waals surface area contributed by atoms with Crippen LogP contribution in [0.1, 0.15) is 43.3 Å². The van der Waals surface area contributed by atoms with Gasteiger partial charge in [-0.1, -0.05) is 20.8 Å². The van der Waals surface area contributed by atoms with Gasteiger partial charge in [0.25, 0.3) is 0 Å². The average Bonchev–Trinajstić information content (AvgIpc) is 2.73. The van der Waals surface area contributed by atoms with Gasteiger partial charge in [-0.05, 0) is 44.4 Å². The van der Waals surface area contributed by atoms with E-state index in [1.807, 2.05) is 18.5 Å². The molecule has 0 atom stereocenters. The third-order valence-electron chi connectivity index (χ3n) is 3.77. The van der Waals surface area contributed by atoms with Gasteiger partial charge in [0, 0.05) is 30.2 Å². The number of nitrogens with zero attached hydrogens (tertiary/aromatic N) is 3. The number of aromatic nitrogens is 3. The zero-order chi connectivity index (χ0) is 15.4. The number of aryl methyl sites for hydroxylation is 1. The molecule has 0 saturated heterocycles. The van der Waals surface area contributed by atoms with Crippen molar-refractivity contribution in [3.8, 4) is 5.69 Å². The molecule has 114 valence electrons. The van der Waals surface area contributed by atoms with Gasteiger partial charge in [-0.15, -0.1) is 0 Å². The Morgan fingerprint density at radius 3 is 2.67 bits per heavy atom. The van der Waals surface area contributed by atoms with Crippen molar-refractivity contribution in [3.63, 3.8) is 0 Å². The van der Waals surface area contributed by atoms with Crippen LogP contribution in [0.3, 0.4) is 0 Å². The Hall–Kier alpha value is -1.68. The Kier molecular flexibility index (Phi) is 5.12. The van der Waals surface area contributed by atoms with Crippen LogP contribution in [0.4, 0.5) is 0 Å². The van der Waals surface area contributed by atoms with E-state index in [9.17, 15) is 0 Å². The van der Waals surface area contributed by atoms with Crippen LogP contribution in [0.5, 0.6) is 0 Å². The molecule has 0 aliphatic heterocycles. The van der Waals surface area contributed by atoms with E-state index >= 15 is 0 Å². The molecule has 4 heteroatoms. The fourth-order valence-electron chi connectivity index (χ4n) is 2.68. The van der Waals surface area contributed by atoms with Crippen molar-refractivity contribution in [2.45, 2.75) is 47.6 Å². The minimum absolute atomic E-state index is 0.644. The summed E-state index contributed by atoms with van der Waals surface area (Å²) in [4.78, 5) is 4.27. The Bertz CT molecular complexity index is 599. The Morgan fingerprint density at radius 2 is 2.05 bits per heavy atom. The van der Waals surface area contributed by atoms with Gasteiger partial charge in [0.2, 0.25) is 0 Å². The van der Waals surface area contributed by atoms with E-state index in [2.05, 4.69) is 49.6 Å². The molecule has 0 aromatic carbocycles. The maximum atomic E-state index is 4.72. The van der Waals surface area contributed by atoms with Crippen molar-refractivity contribution in [1.29, 1.82) is 0 Å². The van der Waals surface area contributed by atoms with Crippen molar-refractivity contribution in [3.05, 3.63) is 41.0 Å². The highest BCUT2D eigenvalue weighted by molar-refractivity contribution is 5.42. The van der Waals surface area contributed by atoms with Crippen LogP contribution in [0.2, 0.25) is 0 Å². The summed E-state index contributed by atoms with van der Waals surface area (Å²) in [7, 11) is 0. The topological polar surface area (TPSA) is 42.7 Å². The van der Waals surface area contributed by atoms with E-state index < -0.39 is 0 Å². The van der Waals surface area contributed by atoms with E-state index in [-0.39, 0.29) is 0 Å². The van der Waals surface area contributed by atoms with E-state index in [1.54, 1.807) is 0 Å². The second-order valence-corrected chi connectivity index (χ2v) is 5.94. The third-order valence-corrected chi connectivity index (χ3v) is 3.77. The number of pyridine rings is 1. The lowest BCUT2D eigenvalue weighted by atomic mass is 10.1. The highest BCUT2D eigenvalue weighted by Gasteiger charge is 2.13. The van der Waals surface area contributed by atoms with E-state index in [0.29, 0.717) is 5.92 Å². The SMILES string of the molecule is CCc1c(C)nn(-c2ccncc2CNCC(C)C)c1C. The van der Waals surface area contributed by atoms with Crippen LogP contribution in [-0.4, -0.2) is 21.3 Å². The van der Waals surface area contributed by atoms with Crippen LogP contribution in [0.25, 0.3) is 5.69 Å². The molecular formula is C17H26N4. The predicted molar refractivity (Wildman–Crippen MR) is 86.8 cm³/mol. The summed E-state index contributed by atoms with van der Waals surface area (Å²) in [5.74, 6) is 0.644. The summed E-state index contributed by atoms with van der Waals surface area (Å²) in [5, 5.41) is 8.20. The summed E-state index contributed by atoms with van der Waals surface area (Å²) < 4.78 is 2.06. The molecule has 2 aromatic heterocycles. The van der Waals surface area contributed by atoms with Gasteiger partial charge in [-0.3, -0.25) is 4.98 Å². The van der Waals surface area contributed by atoms with Gasteiger partial charge < -0.3 is 5.32 Å². The molecule has 0 spiro atoms. The fourth-order valence-corrected chi connectivity index (χ4v) is 2.68. The molecule has 0 radical (unpaired) electrons. The van der Waals surface area contributed by atoms with Gasteiger partial charge in [-0.2, -0.15) is 5.10 Å². The standard InChI is InChI=1S/C17H26N4/c1-6-16-13(4)20-21(14(16)5)17-7-8-18-10-15(17)11-19-9-12(2)3/h7-8,10,12,19H,6,9,11H2,1-5H3. The maximum absolute atomic E-state index is 4.72. The third kappa shape index (κ3) is 3.50. The van der Waals surface area contributed by atoms with E-state index in [4.69, 9.17) is 5.10 Å². The van der Waals surface area contributed by atoms with Crippen LogP contribution in [0, 0.1) is 19.8 Å². The molecule has 2 rings (SSSR count). The molecule has 2 heterocycles. The number of nitrogens with one attached hydrogen (secondary N) is 1. The zero-order valence-electron chi connectivity index (χ0n) is 13.8. The Balaban J connectivity index is 2.32. The molecule has 21 heavy (non-hydrogen) atoms. The molecule has 4 nitrogen and oxygen atoms in total. The highest BCUT2D eigenvalue weighted by atomic mass is 15.3. The van der Waals surface area contributed by atoms with Crippen LogP contribution < -0.4 is 5.32 Å². The fraction of sp³-hybridized carbons (Fsp3) is 0.529. The van der Waals surface area contributed by atoms with Crippen molar-refractivity contribution in [2.75, 3.05) is 6.54 Å². The Labute approximate surface area is 127 Å². The molecule has 0 unspecified atom stereocenters. The molecule has 0 amide bonds. The molecule has 0 bridgehead atoms. The van der Waals surface area contributed by atoms with Crippen LogP contribution in [0.15, 0.2) is 18.5 Å². The quantitative estimate of drug-likeness (QED) is 0.887. The normalized spacial score (nSPS) is 11.3. The lowest BCUT2D eigenvalue weighted by molar-refractivity contribution is 0.550. The van der Waals surface area contributed by atoms with Gasteiger partial charge in [0.05, 0.1) is 11.4 Å². The molecule has 0 aliphatic rings. The Morgan fingerprint density at radius 1 is 1.29 bits per heavy atom. The van der Waals surface area contributed by atoms with E-state index in [1.165, 1.54) is 16.8 Å². The van der Waals surface area contributed by atoms with Crippen LogP contribution >= 0.6 is 0 Å². The first kappa shape index (κ1) is 15.7. The second-order valence-electron chi connectivity index (χ2n) is 5.94. The number of hydrogen-bond acceptors (Lipinski definition) is 3. The largest absolute Gasteiger partial charge is 0.312 e. The number of hydrogen-bond donors (Lipinski definition) is 1. The minimum atomic E-state index is 0.644. The monoisotopic (exact) mass is 286 g/mol. The first-order chi connectivity index (χ1) is 10.0. The van der Waals surface area contributed by atoms with Crippen molar-refractivity contribution >= 4 is 0 Å². The van der Waals surface area contributed by atoms with Crippen LogP contribution in [-0.2, 0) is 13.0 Å². The van der Waals surface area contributed by atoms with Crippen molar-refractivity contribution < 1.29 is 0 Å². The molecule has 0 aliphatic carbocycles. The smallest absolute Gasteiger partial charge is 0.0724 e. The molecular weight excluding hydrogens is 260 g/mol. The maximum Gasteiger partial charge on any atom is 0.0724 e. The lowest BCUT2D eigenvalue weighted by Gasteiger charge is -2.13. The molecule has 1 N–H and O–H groups in total. The molecule has 2 aromatic rings. The van der Waals surface area contributed by atoms with Gasteiger partial charge in [0.15, 0.2) is 0 Å². The molecule has 0 fully saturated rings. The average molecular weight is 286 g/mol. The van der Waals surface area contributed by atoms with Crippen molar-refractivity contribution in [2.24, 2.45) is 5.92 Å². The minimum Gasteiger partial charge on any atom is -0.312 e. The zero-order valence-corrected chi connectivity index (χ0v) is 13.8. The summed E-state index contributed by atoms with van der Waals surface area (Å²) in [5.41, 5.74) is 6.00. The van der Waals surface area contributed by atoms with Gasteiger partial charge in [-0.25, -0.2) is 4.68 Å².